The summed E-state index contributed by atoms with van der Waals surface area (Å²) in [6, 6.07) is 16.8. The normalized spacial score (nSPS) is 11.1. The zero-order valence-electron chi connectivity index (χ0n) is 17.0. The molecule has 2 N–H and O–H groups in total. The Hall–Kier alpha value is -4.06. The van der Waals surface area contributed by atoms with E-state index in [4.69, 9.17) is 21.3 Å². The lowest BCUT2D eigenvalue weighted by atomic mass is 10.0. The first kappa shape index (κ1) is 20.8. The minimum Gasteiger partial charge on any atom is -0.503 e. The lowest BCUT2D eigenvalue weighted by molar-refractivity contribution is 0.101. The summed E-state index contributed by atoms with van der Waals surface area (Å²) < 4.78 is 7.56. The number of carbonyl (C=O) groups is 1. The van der Waals surface area contributed by atoms with Gasteiger partial charge in [0.05, 0.1) is 33.1 Å². The van der Waals surface area contributed by atoms with Crippen LogP contribution in [0, 0.1) is 18.3 Å². The molecule has 0 aliphatic carbocycles. The number of fused-ring (bicyclic) bond motifs is 1. The largest absolute Gasteiger partial charge is 0.503 e. The highest BCUT2D eigenvalue weighted by Crippen LogP contribution is 2.45. The molecule has 0 saturated heterocycles. The molecular formula is C24H14ClN3O4S. The predicted octanol–water partition coefficient (Wildman–Crippen LogP) is 5.82. The van der Waals surface area contributed by atoms with Gasteiger partial charge in [0.1, 0.15) is 5.76 Å². The number of hydrogen-bond acceptors (Lipinski definition) is 7. The van der Waals surface area contributed by atoms with E-state index in [0.29, 0.717) is 32.6 Å². The number of hydrogen-bond donors (Lipinski definition) is 2. The Morgan fingerprint density at radius 2 is 1.91 bits per heavy atom. The van der Waals surface area contributed by atoms with Gasteiger partial charge in [-0.3, -0.25) is 9.36 Å². The molecule has 0 spiro atoms. The fraction of sp³-hybridized carbons (Fsp3) is 0.0417. The van der Waals surface area contributed by atoms with Crippen molar-refractivity contribution in [2.75, 3.05) is 0 Å². The number of rotatable bonds is 4. The highest BCUT2D eigenvalue weighted by atomic mass is 35.5. The van der Waals surface area contributed by atoms with Crippen molar-refractivity contribution in [1.82, 2.24) is 9.55 Å². The number of nitriles is 1. The van der Waals surface area contributed by atoms with Crippen LogP contribution in [0.15, 0.2) is 59.0 Å². The monoisotopic (exact) mass is 475 g/mol. The molecule has 33 heavy (non-hydrogen) atoms. The van der Waals surface area contributed by atoms with Gasteiger partial charge in [-0.1, -0.05) is 35.1 Å². The van der Waals surface area contributed by atoms with Gasteiger partial charge in [-0.15, -0.1) is 0 Å². The average Bonchev–Trinajstić information content (AvgIpc) is 3.49. The van der Waals surface area contributed by atoms with E-state index in [1.54, 1.807) is 55.5 Å². The summed E-state index contributed by atoms with van der Waals surface area (Å²) in [5, 5.41) is 31.8. The zero-order valence-corrected chi connectivity index (χ0v) is 18.6. The Kier molecular flexibility index (Phi) is 4.93. The average molecular weight is 476 g/mol. The van der Waals surface area contributed by atoms with Gasteiger partial charge >= 0.3 is 0 Å². The number of aromatic hydroxyl groups is 2. The lowest BCUT2D eigenvalue weighted by Gasteiger charge is -2.09. The molecule has 0 amide bonds. The van der Waals surface area contributed by atoms with E-state index < -0.39 is 17.4 Å². The second-order valence-electron chi connectivity index (χ2n) is 7.27. The van der Waals surface area contributed by atoms with Crippen LogP contribution in [0.5, 0.6) is 11.6 Å². The highest BCUT2D eigenvalue weighted by molar-refractivity contribution is 7.20. The Balaban J connectivity index is 1.81. The molecule has 5 rings (SSSR count). The maximum absolute atomic E-state index is 13.3. The van der Waals surface area contributed by atoms with Crippen LogP contribution in [0.3, 0.4) is 0 Å². The van der Waals surface area contributed by atoms with Crippen LogP contribution in [0.4, 0.5) is 0 Å². The van der Waals surface area contributed by atoms with Crippen molar-refractivity contribution in [1.29, 1.82) is 5.26 Å². The van der Waals surface area contributed by atoms with Gasteiger partial charge in [0, 0.05) is 5.02 Å². The molecular weight excluding hydrogens is 462 g/mol. The Labute approximate surface area is 196 Å². The third-order valence-corrected chi connectivity index (χ3v) is 6.37. The number of carbonyl (C=O) groups excluding carboxylic acids is 1. The third kappa shape index (κ3) is 3.44. The van der Waals surface area contributed by atoms with Gasteiger partial charge < -0.3 is 14.6 Å². The van der Waals surface area contributed by atoms with Crippen LogP contribution < -0.4 is 0 Å². The van der Waals surface area contributed by atoms with Crippen molar-refractivity contribution < 1.29 is 19.4 Å². The van der Waals surface area contributed by atoms with E-state index in [0.717, 1.165) is 4.70 Å². The first-order valence-electron chi connectivity index (χ1n) is 9.72. The van der Waals surface area contributed by atoms with Crippen LogP contribution in [0.2, 0.25) is 5.02 Å². The predicted molar refractivity (Wildman–Crippen MR) is 124 cm³/mol. The van der Waals surface area contributed by atoms with Gasteiger partial charge in [-0.2, -0.15) is 5.26 Å². The maximum atomic E-state index is 13.3. The van der Waals surface area contributed by atoms with Crippen molar-refractivity contribution in [3.63, 3.8) is 0 Å². The Bertz CT molecular complexity index is 1590. The quantitative estimate of drug-likeness (QED) is 0.316. The van der Waals surface area contributed by atoms with Crippen LogP contribution in [-0.2, 0) is 0 Å². The van der Waals surface area contributed by atoms with Gasteiger partial charge in [0.2, 0.25) is 11.7 Å². The van der Waals surface area contributed by atoms with Crippen molar-refractivity contribution >= 4 is 38.9 Å². The molecule has 0 aliphatic rings. The number of benzene rings is 2. The van der Waals surface area contributed by atoms with Crippen LogP contribution in [0.1, 0.15) is 27.4 Å². The number of ketones is 1. The molecule has 0 bridgehead atoms. The van der Waals surface area contributed by atoms with Crippen LogP contribution in [0.25, 0.3) is 26.6 Å². The number of furan rings is 1. The van der Waals surface area contributed by atoms with Crippen molar-refractivity contribution in [3.05, 3.63) is 82.3 Å². The smallest absolute Gasteiger partial charge is 0.242 e. The van der Waals surface area contributed by atoms with Crippen molar-refractivity contribution in [2.45, 2.75) is 6.92 Å². The topological polar surface area (TPSA) is 112 Å². The summed E-state index contributed by atoms with van der Waals surface area (Å²) in [5.41, 5.74) is 1.65. The number of nitrogens with zero attached hydrogens (tertiary/aromatic N) is 3. The maximum Gasteiger partial charge on any atom is 0.242 e. The molecule has 162 valence electrons. The first-order valence-corrected chi connectivity index (χ1v) is 10.9. The Morgan fingerprint density at radius 3 is 2.58 bits per heavy atom. The fourth-order valence-corrected chi connectivity index (χ4v) is 4.84. The van der Waals surface area contributed by atoms with E-state index >= 15 is 0 Å². The molecule has 5 aromatic rings. The summed E-state index contributed by atoms with van der Waals surface area (Å²) in [4.78, 5) is 17.9. The summed E-state index contributed by atoms with van der Waals surface area (Å²) >= 11 is 7.34. The molecule has 3 aromatic heterocycles. The summed E-state index contributed by atoms with van der Waals surface area (Å²) in [6.45, 7) is 1.70. The molecule has 2 aromatic carbocycles. The van der Waals surface area contributed by atoms with Gasteiger partial charge in [-0.05, 0) is 55.0 Å². The third-order valence-electron chi connectivity index (χ3n) is 5.13. The molecule has 9 heteroatoms. The van der Waals surface area contributed by atoms with Crippen LogP contribution in [-0.4, -0.2) is 25.5 Å². The van der Waals surface area contributed by atoms with E-state index in [9.17, 15) is 15.0 Å². The molecule has 0 atom stereocenters. The van der Waals surface area contributed by atoms with Gasteiger partial charge in [0.15, 0.2) is 16.6 Å². The minimum atomic E-state index is -0.599. The van der Waals surface area contributed by atoms with E-state index in [-0.39, 0.29) is 17.0 Å². The molecule has 0 saturated carbocycles. The molecule has 7 nitrogen and oxygen atoms in total. The molecule has 3 heterocycles. The lowest BCUT2D eigenvalue weighted by Crippen LogP contribution is -2.04. The fourth-order valence-electron chi connectivity index (χ4n) is 3.59. The summed E-state index contributed by atoms with van der Waals surface area (Å²) in [5.74, 6) is -1.18. The first-order chi connectivity index (χ1) is 15.9. The molecule has 0 radical (unpaired) electrons. The van der Waals surface area contributed by atoms with E-state index in [1.165, 1.54) is 22.0 Å². The van der Waals surface area contributed by atoms with Gasteiger partial charge in [0.25, 0.3) is 0 Å². The molecule has 0 fully saturated rings. The van der Waals surface area contributed by atoms with Crippen molar-refractivity contribution in [2.24, 2.45) is 0 Å². The van der Waals surface area contributed by atoms with E-state index in [2.05, 4.69) is 4.98 Å². The minimum absolute atomic E-state index is 0.0194. The summed E-state index contributed by atoms with van der Waals surface area (Å²) in [6.07, 6.45) is 0. The van der Waals surface area contributed by atoms with Crippen LogP contribution >= 0.6 is 22.9 Å². The number of aryl methyl sites for hydroxylation is 1. The number of aromatic nitrogens is 2. The second kappa shape index (κ2) is 7.81. The van der Waals surface area contributed by atoms with E-state index in [1.807, 2.05) is 6.07 Å². The molecule has 0 unspecified atom stereocenters. The SMILES string of the molecule is Cc1ccc(C(=O)c2c(O)c(O)n(-c3nc4ccc(Cl)cc4s3)c2-c2ccc(C#N)cc2)o1. The summed E-state index contributed by atoms with van der Waals surface area (Å²) in [7, 11) is 0. The second-order valence-corrected chi connectivity index (χ2v) is 8.71. The molecule has 0 aliphatic heterocycles. The zero-order chi connectivity index (χ0) is 23.3. The van der Waals surface area contributed by atoms with Crippen molar-refractivity contribution in [3.8, 4) is 34.1 Å². The van der Waals surface area contributed by atoms with Gasteiger partial charge in [-0.25, -0.2) is 4.98 Å². The Morgan fingerprint density at radius 1 is 1.15 bits per heavy atom. The highest BCUT2D eigenvalue weighted by Gasteiger charge is 2.32. The number of thiazole rings is 1. The standard InChI is InChI=1S/C24H14ClN3O4S/c1-12-2-9-17(32-12)21(29)19-20(14-5-3-13(11-26)4-6-14)28(23(31)22(19)30)24-27-16-8-7-15(25)10-18(16)33-24/h2-10,30-31H,1H3. The number of halogens is 1.